The molecule has 10 heteroatoms. The molecule has 0 saturated carbocycles. The zero-order chi connectivity index (χ0) is 25.7. The number of rotatable bonds is 9. The number of ether oxygens (including phenoxy) is 1. The maximum absolute atomic E-state index is 12.3. The van der Waals surface area contributed by atoms with E-state index < -0.39 is 21.2 Å². The van der Waals surface area contributed by atoms with Gasteiger partial charge in [0.1, 0.15) is 12.4 Å². The number of carbonyl (C=O) groups is 1. The molecule has 36 heavy (non-hydrogen) atoms. The van der Waals surface area contributed by atoms with Gasteiger partial charge in [0, 0.05) is 29.9 Å². The van der Waals surface area contributed by atoms with Crippen LogP contribution >= 0.6 is 0 Å². The number of carbonyl (C=O) groups excluding carboxylic acids is 1. The highest BCUT2D eigenvalue weighted by Crippen LogP contribution is 2.28. The summed E-state index contributed by atoms with van der Waals surface area (Å²) >= 11 is 0. The summed E-state index contributed by atoms with van der Waals surface area (Å²) in [5, 5.41) is 0.144. The minimum atomic E-state index is -3.30. The van der Waals surface area contributed by atoms with Crippen molar-refractivity contribution in [1.82, 2.24) is 20.1 Å². The van der Waals surface area contributed by atoms with Crippen LogP contribution in [0.4, 0.5) is 0 Å². The molecule has 0 bridgehead atoms. The van der Waals surface area contributed by atoms with Crippen molar-refractivity contribution in [2.24, 2.45) is 5.84 Å². The first kappa shape index (κ1) is 25.2. The van der Waals surface area contributed by atoms with Crippen molar-refractivity contribution >= 4 is 26.8 Å². The summed E-state index contributed by atoms with van der Waals surface area (Å²) in [7, 11) is -3.30. The number of pyridine rings is 2. The summed E-state index contributed by atoms with van der Waals surface area (Å²) in [5.74, 6) is 5.61. The smallest absolute Gasteiger partial charge is 0.265 e. The number of nitrogen functional groups attached to an aromatic ring is 1. The Morgan fingerprint density at radius 2 is 1.64 bits per heavy atom. The van der Waals surface area contributed by atoms with E-state index in [9.17, 15) is 13.2 Å². The summed E-state index contributed by atoms with van der Waals surface area (Å²) in [6, 6.07) is 18.9. The number of aromatic nitrogens is 2. The molecule has 4 N–H and O–H groups in total. The molecule has 0 aliphatic rings. The second-order valence-corrected chi connectivity index (χ2v) is 10.7. The maximum atomic E-state index is 12.3. The van der Waals surface area contributed by atoms with E-state index in [1.807, 2.05) is 48.5 Å². The molecule has 1 amide bonds. The average molecular weight is 506 g/mol. The maximum Gasteiger partial charge on any atom is 0.265 e. The summed E-state index contributed by atoms with van der Waals surface area (Å²) in [6.45, 7) is 3.70. The van der Waals surface area contributed by atoms with E-state index in [1.54, 1.807) is 38.4 Å². The third-order valence-electron chi connectivity index (χ3n) is 5.65. The molecule has 0 saturated heterocycles. The second-order valence-electron chi connectivity index (χ2n) is 8.36. The summed E-state index contributed by atoms with van der Waals surface area (Å²) in [5.41, 5.74) is 6.73. The molecule has 0 radical (unpaired) electrons. The molecule has 0 aliphatic heterocycles. The SMILES string of the molecule is CC(C)S(=O)(=O)NCCOc1ccc(-c2ccc(-c3cc(C(=O)NN)c4cnccc4n3)cc2)cc1. The third-order valence-corrected chi connectivity index (χ3v) is 7.50. The van der Waals surface area contributed by atoms with Crippen molar-refractivity contribution in [2.45, 2.75) is 19.1 Å². The van der Waals surface area contributed by atoms with Crippen molar-refractivity contribution in [2.75, 3.05) is 13.2 Å². The molecular weight excluding hydrogens is 478 g/mol. The number of hydrogen-bond acceptors (Lipinski definition) is 7. The van der Waals surface area contributed by atoms with Crippen molar-refractivity contribution in [3.8, 4) is 28.1 Å². The summed E-state index contributed by atoms with van der Waals surface area (Å²) < 4.78 is 31.7. The van der Waals surface area contributed by atoms with Crippen molar-refractivity contribution < 1.29 is 17.9 Å². The minimum Gasteiger partial charge on any atom is -0.492 e. The Balaban J connectivity index is 1.46. The predicted molar refractivity (Wildman–Crippen MR) is 140 cm³/mol. The van der Waals surface area contributed by atoms with Crippen LogP contribution in [0.1, 0.15) is 24.2 Å². The van der Waals surface area contributed by atoms with Crippen molar-refractivity contribution in [3.63, 3.8) is 0 Å². The Hall–Kier alpha value is -3.86. The molecule has 2 aromatic carbocycles. The van der Waals surface area contributed by atoms with Crippen LogP contribution in [-0.4, -0.2) is 42.7 Å². The van der Waals surface area contributed by atoms with Crippen molar-refractivity contribution in [1.29, 1.82) is 0 Å². The van der Waals surface area contributed by atoms with Crippen LogP contribution in [-0.2, 0) is 10.0 Å². The van der Waals surface area contributed by atoms with E-state index in [2.05, 4.69) is 20.1 Å². The molecule has 0 fully saturated rings. The lowest BCUT2D eigenvalue weighted by molar-refractivity contribution is 0.0955. The third kappa shape index (κ3) is 5.68. The van der Waals surface area contributed by atoms with Gasteiger partial charge in [-0.1, -0.05) is 36.4 Å². The molecule has 186 valence electrons. The van der Waals surface area contributed by atoms with Gasteiger partial charge < -0.3 is 4.74 Å². The van der Waals surface area contributed by atoms with Gasteiger partial charge in [0.15, 0.2) is 0 Å². The number of amides is 1. The monoisotopic (exact) mass is 505 g/mol. The van der Waals surface area contributed by atoms with Gasteiger partial charge in [-0.05, 0) is 49.2 Å². The number of nitrogens with one attached hydrogen (secondary N) is 2. The average Bonchev–Trinajstić information content (AvgIpc) is 2.90. The normalized spacial score (nSPS) is 11.6. The Morgan fingerprint density at radius 3 is 2.28 bits per heavy atom. The van der Waals surface area contributed by atoms with Gasteiger partial charge in [0.2, 0.25) is 10.0 Å². The first-order valence-corrected chi connectivity index (χ1v) is 12.9. The highest BCUT2D eigenvalue weighted by Gasteiger charge is 2.15. The Morgan fingerprint density at radius 1 is 1.00 bits per heavy atom. The highest BCUT2D eigenvalue weighted by atomic mass is 32.2. The van der Waals surface area contributed by atoms with Gasteiger partial charge in [-0.15, -0.1) is 0 Å². The summed E-state index contributed by atoms with van der Waals surface area (Å²) in [6.07, 6.45) is 3.22. The van der Waals surface area contributed by atoms with E-state index in [0.717, 1.165) is 16.7 Å². The van der Waals surface area contributed by atoms with E-state index in [4.69, 9.17) is 10.6 Å². The molecule has 0 atom stereocenters. The lowest BCUT2D eigenvalue weighted by Gasteiger charge is -2.11. The van der Waals surface area contributed by atoms with Crippen LogP contribution in [0.25, 0.3) is 33.3 Å². The first-order valence-electron chi connectivity index (χ1n) is 11.4. The zero-order valence-electron chi connectivity index (χ0n) is 19.9. The second kappa shape index (κ2) is 10.8. The van der Waals surface area contributed by atoms with Gasteiger partial charge in [0.05, 0.1) is 22.0 Å². The molecule has 4 aromatic rings. The van der Waals surface area contributed by atoms with Gasteiger partial charge in [-0.3, -0.25) is 15.2 Å². The lowest BCUT2D eigenvalue weighted by atomic mass is 10.0. The van der Waals surface area contributed by atoms with Gasteiger partial charge in [-0.2, -0.15) is 0 Å². The number of nitrogens with two attached hydrogens (primary N) is 1. The number of sulfonamides is 1. The van der Waals surface area contributed by atoms with Crippen LogP contribution in [0.3, 0.4) is 0 Å². The number of hydrogen-bond donors (Lipinski definition) is 3. The van der Waals surface area contributed by atoms with E-state index in [1.165, 1.54) is 0 Å². The number of nitrogens with zero attached hydrogens (tertiary/aromatic N) is 2. The molecule has 2 heterocycles. The Kier molecular flexibility index (Phi) is 7.58. The molecule has 2 aromatic heterocycles. The lowest BCUT2D eigenvalue weighted by Crippen LogP contribution is -2.33. The molecule has 4 rings (SSSR count). The quantitative estimate of drug-likeness (QED) is 0.137. The standard InChI is InChI=1S/C26H27N5O4S/c1-17(2)36(33,34)29-13-14-35-21-9-7-19(8-10-21)18-3-5-20(6-4-18)25-15-22(26(32)31-27)23-16-28-12-11-24(23)30-25/h3-12,15-17,29H,13-14,27H2,1-2H3,(H,31,32). The topological polar surface area (TPSA) is 136 Å². The van der Waals surface area contributed by atoms with E-state index in [-0.39, 0.29) is 13.2 Å². The van der Waals surface area contributed by atoms with Crippen LogP contribution in [0.15, 0.2) is 73.1 Å². The predicted octanol–water partition coefficient (Wildman–Crippen LogP) is 3.27. The summed E-state index contributed by atoms with van der Waals surface area (Å²) in [4.78, 5) is 21.1. The van der Waals surface area contributed by atoms with Crippen LogP contribution < -0.4 is 20.7 Å². The largest absolute Gasteiger partial charge is 0.492 e. The Bertz CT molecular complexity index is 1470. The first-order chi connectivity index (χ1) is 17.3. The van der Waals surface area contributed by atoms with Crippen molar-refractivity contribution in [3.05, 3.63) is 78.6 Å². The van der Waals surface area contributed by atoms with Crippen LogP contribution in [0.2, 0.25) is 0 Å². The molecular formula is C26H27N5O4S. The van der Waals surface area contributed by atoms with E-state index in [0.29, 0.717) is 27.9 Å². The number of hydrazine groups is 1. The van der Waals surface area contributed by atoms with Gasteiger partial charge >= 0.3 is 0 Å². The fraction of sp³-hybridized carbons (Fsp3) is 0.192. The zero-order valence-corrected chi connectivity index (χ0v) is 20.7. The molecule has 0 spiro atoms. The molecule has 9 nitrogen and oxygen atoms in total. The fourth-order valence-corrected chi connectivity index (χ4v) is 4.28. The van der Waals surface area contributed by atoms with Gasteiger partial charge in [0.25, 0.3) is 5.91 Å². The van der Waals surface area contributed by atoms with E-state index >= 15 is 0 Å². The molecule has 0 aliphatic carbocycles. The highest BCUT2D eigenvalue weighted by molar-refractivity contribution is 7.90. The number of benzene rings is 2. The van der Waals surface area contributed by atoms with Crippen LogP contribution in [0, 0.1) is 0 Å². The minimum absolute atomic E-state index is 0.206. The van der Waals surface area contributed by atoms with Gasteiger partial charge in [-0.25, -0.2) is 24.0 Å². The molecule has 0 unspecified atom stereocenters. The Labute approximate surface area is 209 Å². The number of fused-ring (bicyclic) bond motifs is 1. The van der Waals surface area contributed by atoms with Crippen LogP contribution in [0.5, 0.6) is 5.75 Å². The fourth-order valence-electron chi connectivity index (χ4n) is 3.58.